The van der Waals surface area contributed by atoms with Crippen molar-refractivity contribution in [1.82, 2.24) is 0 Å². The van der Waals surface area contributed by atoms with Gasteiger partial charge in [0.1, 0.15) is 5.76 Å². The van der Waals surface area contributed by atoms with Gasteiger partial charge < -0.3 is 10.2 Å². The van der Waals surface area contributed by atoms with Crippen molar-refractivity contribution in [1.29, 1.82) is 0 Å². The molecule has 0 aromatic heterocycles. The molecule has 3 heteroatoms. The molecule has 0 aromatic carbocycles. The average Bonchev–Trinajstić information content (AvgIpc) is 2.81. The summed E-state index contributed by atoms with van der Waals surface area (Å²) in [5.74, 6) is -1.18. The lowest BCUT2D eigenvalue weighted by molar-refractivity contribution is -0.144. The predicted molar refractivity (Wildman–Crippen MR) is 61.0 cm³/mol. The molecule has 2 rings (SSSR count). The molecule has 0 radical (unpaired) electrons. The Balaban J connectivity index is 2.23. The monoisotopic (exact) mass is 220 g/mol. The topological polar surface area (TPSA) is 57.5 Å². The van der Waals surface area contributed by atoms with Crippen molar-refractivity contribution in [3.8, 4) is 0 Å². The van der Waals surface area contributed by atoms with Gasteiger partial charge in [-0.15, -0.1) is 0 Å². The van der Waals surface area contributed by atoms with E-state index in [1.54, 1.807) is 0 Å². The average molecular weight is 220 g/mol. The van der Waals surface area contributed by atoms with E-state index >= 15 is 0 Å². The molecule has 2 aliphatic carbocycles. The molecule has 0 unspecified atom stereocenters. The Kier molecular flexibility index (Phi) is 3.13. The summed E-state index contributed by atoms with van der Waals surface area (Å²) in [4.78, 5) is 11.1. The van der Waals surface area contributed by atoms with Gasteiger partial charge >= 0.3 is 5.97 Å². The summed E-state index contributed by atoms with van der Waals surface area (Å²) >= 11 is 0. The number of carboxylic acid groups (broad SMARTS) is 1. The first kappa shape index (κ1) is 11.0. The zero-order valence-electron chi connectivity index (χ0n) is 9.10. The van der Waals surface area contributed by atoms with Crippen LogP contribution in [-0.2, 0) is 4.79 Å². The van der Waals surface area contributed by atoms with Crippen LogP contribution in [0, 0.1) is 11.8 Å². The van der Waals surface area contributed by atoms with E-state index < -0.39 is 11.9 Å². The maximum Gasteiger partial charge on any atom is 0.307 e. The maximum atomic E-state index is 11.1. The molecular formula is C13H16O3. The van der Waals surface area contributed by atoms with E-state index in [0.29, 0.717) is 6.42 Å². The fourth-order valence-corrected chi connectivity index (χ4v) is 2.51. The van der Waals surface area contributed by atoms with Crippen molar-refractivity contribution in [3.63, 3.8) is 0 Å². The zero-order valence-corrected chi connectivity index (χ0v) is 9.10. The van der Waals surface area contributed by atoms with Gasteiger partial charge in [-0.2, -0.15) is 0 Å². The highest BCUT2D eigenvalue weighted by Gasteiger charge is 2.34. The van der Waals surface area contributed by atoms with Gasteiger partial charge in [-0.05, 0) is 12.8 Å². The molecule has 2 aliphatic rings. The van der Waals surface area contributed by atoms with Crippen molar-refractivity contribution >= 4 is 5.97 Å². The van der Waals surface area contributed by atoms with Crippen molar-refractivity contribution in [3.05, 3.63) is 35.6 Å². The number of aliphatic hydroxyl groups excluding tert-OH is 1. The number of carbonyl (C=O) groups is 1. The number of rotatable bonds is 2. The molecule has 1 fully saturated rings. The van der Waals surface area contributed by atoms with E-state index in [2.05, 4.69) is 0 Å². The van der Waals surface area contributed by atoms with E-state index in [9.17, 15) is 9.90 Å². The highest BCUT2D eigenvalue weighted by atomic mass is 16.4. The van der Waals surface area contributed by atoms with Gasteiger partial charge in [-0.3, -0.25) is 4.79 Å². The van der Waals surface area contributed by atoms with Gasteiger partial charge in [0.2, 0.25) is 0 Å². The van der Waals surface area contributed by atoms with Gasteiger partial charge in [-0.1, -0.05) is 37.1 Å². The lowest BCUT2D eigenvalue weighted by atomic mass is 9.77. The fraction of sp³-hybridized carbons (Fsp3) is 0.462. The zero-order chi connectivity index (χ0) is 11.5. The van der Waals surface area contributed by atoms with Gasteiger partial charge in [0.25, 0.3) is 0 Å². The molecular weight excluding hydrogens is 204 g/mol. The Morgan fingerprint density at radius 1 is 1.06 bits per heavy atom. The molecule has 0 heterocycles. The normalized spacial score (nSPS) is 28.4. The quantitative estimate of drug-likeness (QED) is 0.703. The fourth-order valence-electron chi connectivity index (χ4n) is 2.51. The third kappa shape index (κ3) is 2.03. The Bertz CT molecular complexity index is 363. The first-order valence-electron chi connectivity index (χ1n) is 5.71. The highest BCUT2D eigenvalue weighted by molar-refractivity contribution is 5.71. The largest absolute Gasteiger partial charge is 0.511 e. The molecule has 2 atom stereocenters. The molecule has 0 amide bonds. The Hall–Kier alpha value is -1.51. The van der Waals surface area contributed by atoms with Crippen LogP contribution < -0.4 is 0 Å². The third-order valence-electron chi connectivity index (χ3n) is 3.39. The second-order valence-corrected chi connectivity index (χ2v) is 4.39. The number of aliphatic carboxylic acids is 1. The van der Waals surface area contributed by atoms with E-state index in [1.807, 2.05) is 24.3 Å². The molecule has 0 aromatic rings. The summed E-state index contributed by atoms with van der Waals surface area (Å²) in [6.45, 7) is 0. The van der Waals surface area contributed by atoms with Crippen LogP contribution in [0.15, 0.2) is 35.6 Å². The predicted octanol–water partition coefficient (Wildman–Crippen LogP) is 2.82. The molecule has 0 spiro atoms. The van der Waals surface area contributed by atoms with Crippen LogP contribution >= 0.6 is 0 Å². The van der Waals surface area contributed by atoms with Crippen LogP contribution in [0.3, 0.4) is 0 Å². The first-order chi connectivity index (χ1) is 7.70. The van der Waals surface area contributed by atoms with E-state index in [1.165, 1.54) is 0 Å². The molecule has 3 nitrogen and oxygen atoms in total. The lowest BCUT2D eigenvalue weighted by Crippen LogP contribution is -2.28. The number of aliphatic hydroxyl groups is 1. The van der Waals surface area contributed by atoms with Crippen molar-refractivity contribution in [2.24, 2.45) is 11.8 Å². The second-order valence-electron chi connectivity index (χ2n) is 4.39. The van der Waals surface area contributed by atoms with Crippen molar-refractivity contribution < 1.29 is 15.0 Å². The second kappa shape index (κ2) is 4.56. The standard InChI is InChI=1S/C13H16O3/c14-12(9-5-1-2-6-9)10-7-3-4-8-11(10)13(15)16/h1-2,5-6,10-11,14H,3-4,7-8H2,(H,15,16)/t10-,11-/m1/s1. The smallest absolute Gasteiger partial charge is 0.307 e. The summed E-state index contributed by atoms with van der Waals surface area (Å²) in [6, 6.07) is 0. The molecule has 86 valence electrons. The summed E-state index contributed by atoms with van der Waals surface area (Å²) < 4.78 is 0. The van der Waals surface area contributed by atoms with Crippen LogP contribution in [0.4, 0.5) is 0 Å². The number of hydrogen-bond donors (Lipinski definition) is 2. The van der Waals surface area contributed by atoms with Crippen LogP contribution in [0.2, 0.25) is 0 Å². The summed E-state index contributed by atoms with van der Waals surface area (Å²) in [6.07, 6.45) is 10.7. The Labute approximate surface area is 94.8 Å². The number of allylic oxidation sites excluding steroid dienone is 6. The van der Waals surface area contributed by atoms with Gasteiger partial charge in [0.05, 0.1) is 5.92 Å². The van der Waals surface area contributed by atoms with E-state index in [-0.39, 0.29) is 11.7 Å². The maximum absolute atomic E-state index is 11.1. The lowest BCUT2D eigenvalue weighted by Gasteiger charge is -2.28. The molecule has 2 N–H and O–H groups in total. The summed E-state index contributed by atoms with van der Waals surface area (Å²) in [7, 11) is 0. The van der Waals surface area contributed by atoms with Gasteiger partial charge in [0.15, 0.2) is 0 Å². The summed E-state index contributed by atoms with van der Waals surface area (Å²) in [5, 5.41) is 19.2. The molecule has 0 bridgehead atoms. The third-order valence-corrected chi connectivity index (χ3v) is 3.39. The SMILES string of the molecule is O=C(O)[C@@H]1CCCC[C@H]1C(O)=C1C=CC=C1. The first-order valence-corrected chi connectivity index (χ1v) is 5.71. The van der Waals surface area contributed by atoms with Crippen molar-refractivity contribution in [2.75, 3.05) is 0 Å². The molecule has 0 saturated heterocycles. The number of carboxylic acids is 1. The van der Waals surface area contributed by atoms with Gasteiger partial charge in [-0.25, -0.2) is 0 Å². The van der Waals surface area contributed by atoms with Crippen LogP contribution in [-0.4, -0.2) is 16.2 Å². The van der Waals surface area contributed by atoms with E-state index in [0.717, 1.165) is 24.8 Å². The number of hydrogen-bond acceptors (Lipinski definition) is 2. The molecule has 1 saturated carbocycles. The van der Waals surface area contributed by atoms with Crippen LogP contribution in [0.25, 0.3) is 0 Å². The van der Waals surface area contributed by atoms with Gasteiger partial charge in [0, 0.05) is 11.5 Å². The van der Waals surface area contributed by atoms with Crippen molar-refractivity contribution in [2.45, 2.75) is 25.7 Å². The highest BCUT2D eigenvalue weighted by Crippen LogP contribution is 2.36. The van der Waals surface area contributed by atoms with E-state index in [4.69, 9.17) is 5.11 Å². The Morgan fingerprint density at radius 2 is 1.62 bits per heavy atom. The van der Waals surface area contributed by atoms with Crippen LogP contribution in [0.5, 0.6) is 0 Å². The minimum Gasteiger partial charge on any atom is -0.511 e. The summed E-state index contributed by atoms with van der Waals surface area (Å²) in [5.41, 5.74) is 0.762. The van der Waals surface area contributed by atoms with Crippen LogP contribution in [0.1, 0.15) is 25.7 Å². The molecule has 0 aliphatic heterocycles. The minimum atomic E-state index is -0.789. The Morgan fingerprint density at radius 3 is 2.19 bits per heavy atom. The minimum absolute atomic E-state index is 0.214. The molecule has 16 heavy (non-hydrogen) atoms.